The number of carbonyl (C=O) groups is 1. The lowest BCUT2D eigenvalue weighted by Gasteiger charge is -2.10. The molecule has 0 atom stereocenters. The summed E-state index contributed by atoms with van der Waals surface area (Å²) in [5.41, 5.74) is 4.24. The molecule has 0 saturated heterocycles. The topological polar surface area (TPSA) is 73.0 Å². The number of hydrogen-bond donors (Lipinski definition) is 1. The molecule has 3 heterocycles. The fourth-order valence-electron chi connectivity index (χ4n) is 3.68. The fourth-order valence-corrected chi connectivity index (χ4v) is 3.68. The Hall–Kier alpha value is -4.26. The van der Waals surface area contributed by atoms with Gasteiger partial charge >= 0.3 is 0 Å². The largest absolute Gasteiger partial charge is 0.467 e. The molecule has 1 N–H and O–H groups in total. The molecule has 0 radical (unpaired) electrons. The van der Waals surface area contributed by atoms with E-state index in [-0.39, 0.29) is 11.7 Å². The Morgan fingerprint density at radius 2 is 1.91 bits per heavy atom. The Morgan fingerprint density at radius 3 is 2.69 bits per heavy atom. The van der Waals surface area contributed by atoms with Crippen molar-refractivity contribution in [2.24, 2.45) is 0 Å². The van der Waals surface area contributed by atoms with Gasteiger partial charge in [-0.2, -0.15) is 5.10 Å². The van der Waals surface area contributed by atoms with Gasteiger partial charge in [0.25, 0.3) is 5.91 Å². The lowest BCUT2D eigenvalue weighted by Crippen LogP contribution is -2.23. The summed E-state index contributed by atoms with van der Waals surface area (Å²) < 4.78 is 20.3. The molecule has 6 nitrogen and oxygen atoms in total. The Bertz CT molecular complexity index is 1410. The van der Waals surface area contributed by atoms with Crippen LogP contribution in [0.25, 0.3) is 27.8 Å². The number of rotatable bonds is 5. The van der Waals surface area contributed by atoms with E-state index in [1.165, 1.54) is 12.1 Å². The molecule has 32 heavy (non-hydrogen) atoms. The Labute approximate surface area is 183 Å². The van der Waals surface area contributed by atoms with Crippen molar-refractivity contribution in [3.8, 4) is 16.9 Å². The first-order chi connectivity index (χ1) is 15.6. The second kappa shape index (κ2) is 8.11. The fraction of sp³-hybridized carbons (Fsp3) is 0.0800. The van der Waals surface area contributed by atoms with Crippen LogP contribution in [0.5, 0.6) is 0 Å². The second-order valence-electron chi connectivity index (χ2n) is 7.37. The number of furan rings is 1. The van der Waals surface area contributed by atoms with Crippen molar-refractivity contribution in [2.75, 3.05) is 0 Å². The third-order valence-corrected chi connectivity index (χ3v) is 5.32. The van der Waals surface area contributed by atoms with Gasteiger partial charge in [0, 0.05) is 10.9 Å². The smallest absolute Gasteiger partial charge is 0.252 e. The molecule has 0 spiro atoms. The Morgan fingerprint density at radius 1 is 1.09 bits per heavy atom. The number of nitrogens with zero attached hydrogens (tertiary/aromatic N) is 3. The lowest BCUT2D eigenvalue weighted by molar-refractivity contribution is 0.0949. The summed E-state index contributed by atoms with van der Waals surface area (Å²) >= 11 is 0. The SMILES string of the molecule is Cc1c(-c2cc(C(=O)NCc3ccco3)c3ccccc3n2)cnn1-c1ccc(F)cc1. The van der Waals surface area contributed by atoms with Crippen LogP contribution in [0.1, 0.15) is 21.8 Å². The number of carbonyl (C=O) groups excluding carboxylic acids is 1. The van der Waals surface area contributed by atoms with Gasteiger partial charge in [0.1, 0.15) is 11.6 Å². The first-order valence-corrected chi connectivity index (χ1v) is 10.1. The van der Waals surface area contributed by atoms with Gasteiger partial charge in [0.05, 0.1) is 47.2 Å². The molecule has 1 amide bonds. The monoisotopic (exact) mass is 426 g/mol. The second-order valence-corrected chi connectivity index (χ2v) is 7.37. The van der Waals surface area contributed by atoms with Crippen LogP contribution in [0.4, 0.5) is 4.39 Å². The number of hydrogen-bond acceptors (Lipinski definition) is 4. The van der Waals surface area contributed by atoms with Crippen molar-refractivity contribution >= 4 is 16.8 Å². The van der Waals surface area contributed by atoms with Crippen molar-refractivity contribution in [1.82, 2.24) is 20.1 Å². The molecule has 5 aromatic rings. The summed E-state index contributed by atoms with van der Waals surface area (Å²) in [6.45, 7) is 2.21. The molecule has 5 rings (SSSR count). The number of benzene rings is 2. The highest BCUT2D eigenvalue weighted by Crippen LogP contribution is 2.28. The van der Waals surface area contributed by atoms with Crippen LogP contribution in [0.15, 0.2) is 83.6 Å². The van der Waals surface area contributed by atoms with Gasteiger partial charge < -0.3 is 9.73 Å². The summed E-state index contributed by atoms with van der Waals surface area (Å²) in [4.78, 5) is 17.8. The first kappa shape index (κ1) is 19.7. The van der Waals surface area contributed by atoms with Crippen molar-refractivity contribution in [1.29, 1.82) is 0 Å². The van der Waals surface area contributed by atoms with Crippen LogP contribution in [0.3, 0.4) is 0 Å². The maximum atomic E-state index is 13.3. The van der Waals surface area contributed by atoms with Gasteiger partial charge in [-0.1, -0.05) is 18.2 Å². The molecule has 2 aromatic carbocycles. The minimum absolute atomic E-state index is 0.218. The molecule has 158 valence electrons. The minimum atomic E-state index is -0.305. The van der Waals surface area contributed by atoms with E-state index in [9.17, 15) is 9.18 Å². The zero-order valence-corrected chi connectivity index (χ0v) is 17.2. The maximum Gasteiger partial charge on any atom is 0.252 e. The molecule has 0 aliphatic carbocycles. The van der Waals surface area contributed by atoms with Gasteiger partial charge in [-0.15, -0.1) is 0 Å². The summed E-state index contributed by atoms with van der Waals surface area (Å²) in [6.07, 6.45) is 3.28. The number of aromatic nitrogens is 3. The molecule has 0 unspecified atom stereocenters. The van der Waals surface area contributed by atoms with Crippen LogP contribution < -0.4 is 5.32 Å². The predicted molar refractivity (Wildman–Crippen MR) is 119 cm³/mol. The normalized spacial score (nSPS) is 11.1. The quantitative estimate of drug-likeness (QED) is 0.426. The van der Waals surface area contributed by atoms with E-state index in [0.717, 1.165) is 22.3 Å². The number of nitrogens with one attached hydrogen (secondary N) is 1. The average molecular weight is 426 g/mol. The molecule has 0 fully saturated rings. The zero-order chi connectivity index (χ0) is 22.1. The van der Waals surface area contributed by atoms with Gasteiger partial charge in [0.15, 0.2) is 0 Å². The van der Waals surface area contributed by atoms with E-state index in [1.54, 1.807) is 41.4 Å². The number of fused-ring (bicyclic) bond motifs is 1. The summed E-state index contributed by atoms with van der Waals surface area (Å²) in [5, 5.41) is 8.13. The lowest BCUT2D eigenvalue weighted by atomic mass is 10.0. The average Bonchev–Trinajstić information content (AvgIpc) is 3.47. The Balaban J connectivity index is 1.55. The Kier molecular flexibility index (Phi) is 4.99. The molecule has 0 aliphatic heterocycles. The van der Waals surface area contributed by atoms with Crippen molar-refractivity contribution in [3.05, 3.63) is 102 Å². The van der Waals surface area contributed by atoms with Gasteiger partial charge in [-0.05, 0) is 55.5 Å². The third-order valence-electron chi connectivity index (χ3n) is 5.32. The maximum absolute atomic E-state index is 13.3. The minimum Gasteiger partial charge on any atom is -0.467 e. The standard InChI is InChI=1S/C25H19FN4O2/c1-16-22(15-28-30(16)18-10-8-17(26)9-11-18)24-13-21(20-6-2-3-7-23(20)29-24)25(31)27-14-19-5-4-12-32-19/h2-13,15H,14H2,1H3,(H,27,31). The van der Waals surface area contributed by atoms with Gasteiger partial charge in [-0.25, -0.2) is 14.1 Å². The number of pyridine rings is 1. The summed E-state index contributed by atoms with van der Waals surface area (Å²) in [6, 6.07) is 19.0. The highest BCUT2D eigenvalue weighted by Gasteiger charge is 2.17. The highest BCUT2D eigenvalue weighted by molar-refractivity contribution is 6.07. The number of halogens is 1. The molecule has 3 aromatic heterocycles. The molecule has 0 aliphatic rings. The van der Waals surface area contributed by atoms with Gasteiger partial charge in [0.2, 0.25) is 0 Å². The molecule has 0 bridgehead atoms. The summed E-state index contributed by atoms with van der Waals surface area (Å²) in [7, 11) is 0. The molecule has 7 heteroatoms. The highest BCUT2D eigenvalue weighted by atomic mass is 19.1. The van der Waals surface area contributed by atoms with E-state index < -0.39 is 0 Å². The van der Waals surface area contributed by atoms with Crippen LogP contribution in [-0.2, 0) is 6.54 Å². The van der Waals surface area contributed by atoms with E-state index >= 15 is 0 Å². The van der Waals surface area contributed by atoms with Crippen LogP contribution in [0, 0.1) is 12.7 Å². The molecule has 0 saturated carbocycles. The molecular weight excluding hydrogens is 407 g/mol. The number of para-hydroxylation sites is 1. The van der Waals surface area contributed by atoms with E-state index in [1.807, 2.05) is 37.3 Å². The van der Waals surface area contributed by atoms with Gasteiger partial charge in [-0.3, -0.25) is 4.79 Å². The third kappa shape index (κ3) is 3.65. The van der Waals surface area contributed by atoms with Crippen LogP contribution in [0.2, 0.25) is 0 Å². The molecular formula is C25H19FN4O2. The zero-order valence-electron chi connectivity index (χ0n) is 17.2. The van der Waals surface area contributed by atoms with E-state index in [2.05, 4.69) is 10.4 Å². The van der Waals surface area contributed by atoms with Crippen LogP contribution >= 0.6 is 0 Å². The first-order valence-electron chi connectivity index (χ1n) is 10.1. The van der Waals surface area contributed by atoms with E-state index in [4.69, 9.17) is 9.40 Å². The van der Waals surface area contributed by atoms with Crippen LogP contribution in [-0.4, -0.2) is 20.7 Å². The van der Waals surface area contributed by atoms with Crippen molar-refractivity contribution < 1.29 is 13.6 Å². The van der Waals surface area contributed by atoms with Crippen molar-refractivity contribution in [3.63, 3.8) is 0 Å². The van der Waals surface area contributed by atoms with Crippen molar-refractivity contribution in [2.45, 2.75) is 13.5 Å². The summed E-state index contributed by atoms with van der Waals surface area (Å²) in [5.74, 6) is 0.151. The number of amides is 1. The van der Waals surface area contributed by atoms with E-state index in [0.29, 0.717) is 29.1 Å². The predicted octanol–water partition coefficient (Wildman–Crippen LogP) is 5.06.